The van der Waals surface area contributed by atoms with Gasteiger partial charge in [-0.15, -0.1) is 0 Å². The van der Waals surface area contributed by atoms with Crippen molar-refractivity contribution in [3.8, 4) is 0 Å². The van der Waals surface area contributed by atoms with E-state index in [-0.39, 0.29) is 87.7 Å². The number of alkyl carbamates (subject to hydrolysis) is 2. The summed E-state index contributed by atoms with van der Waals surface area (Å²) in [5.74, 6) is 0.371. The van der Waals surface area contributed by atoms with Crippen molar-refractivity contribution in [2.75, 3.05) is 73.8 Å². The summed E-state index contributed by atoms with van der Waals surface area (Å²) >= 11 is 0. The predicted molar refractivity (Wildman–Crippen MR) is 280 cm³/mol. The molecule has 6 saturated carbocycles. The molecule has 422 valence electrons. The number of hydrogen-bond acceptors (Lipinski definition) is 14. The van der Waals surface area contributed by atoms with Gasteiger partial charge in [-0.1, -0.05) is 55.4 Å². The first-order valence-electron chi connectivity index (χ1n) is 29.2. The maximum Gasteiger partial charge on any atom is 0.414 e. The molecule has 10 aliphatic rings. The second-order valence-electron chi connectivity index (χ2n) is 27.3. The molecule has 22 atom stereocenters. The van der Waals surface area contributed by atoms with E-state index in [4.69, 9.17) is 23.7 Å². The first kappa shape index (κ1) is 56.7. The minimum atomic E-state index is -0.722. The molecular weight excluding hydrogens is 957 g/mol. The van der Waals surface area contributed by atoms with Crippen molar-refractivity contribution in [1.82, 2.24) is 20.4 Å². The second kappa shape index (κ2) is 21.2. The molecule has 0 aromatic heterocycles. The van der Waals surface area contributed by atoms with Crippen LogP contribution < -0.4 is 10.6 Å². The van der Waals surface area contributed by atoms with E-state index < -0.39 is 52.2 Å². The fourth-order valence-electron chi connectivity index (χ4n) is 19.0. The average molecular weight is 1050 g/mol. The minimum absolute atomic E-state index is 0.0141. The molecule has 4 saturated heterocycles. The summed E-state index contributed by atoms with van der Waals surface area (Å²) in [6.45, 7) is 23.4. The lowest BCUT2D eigenvalue weighted by atomic mass is 9.43. The van der Waals surface area contributed by atoms with E-state index in [0.717, 1.165) is 84.0 Å². The number of piperidine rings is 2. The Morgan fingerprint density at radius 1 is 0.653 bits per heavy atom. The van der Waals surface area contributed by atoms with Crippen LogP contribution in [-0.4, -0.2) is 149 Å². The second-order valence-corrected chi connectivity index (χ2v) is 27.3. The van der Waals surface area contributed by atoms with Gasteiger partial charge in [-0.3, -0.25) is 29.8 Å². The fraction of sp³-hybridized carbons (Fsp3) is 0.898. The van der Waals surface area contributed by atoms with Gasteiger partial charge in [0.05, 0.1) is 24.0 Å². The molecule has 4 aliphatic heterocycles. The number of nitrogens with one attached hydrogen (secondary N) is 2. The Kier molecular flexibility index (Phi) is 16.0. The lowest BCUT2D eigenvalue weighted by molar-refractivity contribution is -0.200. The third-order valence-electron chi connectivity index (χ3n) is 24.1. The number of ether oxygens (including phenoxy) is 5. The highest BCUT2D eigenvalue weighted by Crippen LogP contribution is 2.70. The zero-order valence-corrected chi connectivity index (χ0v) is 47.5. The van der Waals surface area contributed by atoms with Crippen molar-refractivity contribution in [1.29, 1.82) is 0 Å². The minimum Gasteiger partial charge on any atom is -0.445 e. The number of Topliss-reactive ketones (excluding diaryl/α,β-unsaturated/α-hetero) is 2. The van der Waals surface area contributed by atoms with Crippen molar-refractivity contribution < 1.29 is 57.6 Å². The highest BCUT2D eigenvalue weighted by molar-refractivity contribution is 5.94. The first-order chi connectivity index (χ1) is 35.5. The number of rotatable bonds is 11. The summed E-state index contributed by atoms with van der Waals surface area (Å²) in [5.41, 5.74) is -2.71. The molecule has 6 aliphatic carbocycles. The third kappa shape index (κ3) is 9.46. The number of aliphatic hydroxyl groups excluding tert-OH is 1. The van der Waals surface area contributed by atoms with E-state index in [0.29, 0.717) is 70.2 Å². The van der Waals surface area contributed by atoms with Gasteiger partial charge in [0.25, 0.3) is 0 Å². The Morgan fingerprint density at radius 3 is 1.69 bits per heavy atom. The summed E-state index contributed by atoms with van der Waals surface area (Å²) in [5, 5.41) is 17.0. The number of nitrogens with zero attached hydrogens (tertiary/aromatic N) is 2. The van der Waals surface area contributed by atoms with Gasteiger partial charge in [0.15, 0.2) is 0 Å². The van der Waals surface area contributed by atoms with Crippen molar-refractivity contribution >= 4 is 35.6 Å². The molecule has 8 bridgehead atoms. The molecule has 16 heteroatoms. The van der Waals surface area contributed by atoms with Crippen LogP contribution in [0.5, 0.6) is 0 Å². The van der Waals surface area contributed by atoms with Gasteiger partial charge in [0, 0.05) is 101 Å². The van der Waals surface area contributed by atoms with E-state index >= 15 is 0 Å². The summed E-state index contributed by atoms with van der Waals surface area (Å²) in [4.78, 5) is 85.2. The van der Waals surface area contributed by atoms with Gasteiger partial charge in [-0.2, -0.15) is 0 Å². The van der Waals surface area contributed by atoms with Gasteiger partial charge < -0.3 is 38.6 Å². The van der Waals surface area contributed by atoms with Gasteiger partial charge in [-0.05, 0) is 142 Å². The molecule has 0 aromatic rings. The number of fused-ring (bicyclic) bond motifs is 4. The molecule has 0 spiro atoms. The molecular formula is C59H94N4O12. The summed E-state index contributed by atoms with van der Waals surface area (Å²) in [7, 11) is 5.09. The molecule has 16 nitrogen and oxygen atoms in total. The Hall–Kier alpha value is -3.02. The normalized spacial score (nSPS) is 48.3. The molecule has 4 amide bonds. The molecule has 0 aromatic carbocycles. The fourth-order valence-corrected chi connectivity index (χ4v) is 19.0. The van der Waals surface area contributed by atoms with Crippen LogP contribution >= 0.6 is 0 Å². The molecule has 6 unspecified atom stereocenters. The number of carbonyl (C=O) groups is 6. The van der Waals surface area contributed by atoms with E-state index in [1.165, 1.54) is 0 Å². The Bertz CT molecular complexity index is 2200. The number of aliphatic hydroxyl groups is 1. The van der Waals surface area contributed by atoms with Crippen LogP contribution in [0.4, 0.5) is 9.59 Å². The van der Waals surface area contributed by atoms with Crippen molar-refractivity contribution in [3.63, 3.8) is 0 Å². The van der Waals surface area contributed by atoms with Crippen LogP contribution in [0.2, 0.25) is 0 Å². The molecule has 75 heavy (non-hydrogen) atoms. The smallest absolute Gasteiger partial charge is 0.414 e. The SMILES string of the molecule is COCC[C@]1(C)C[C@@H](OC(=O)NC(=O)[C@H]2CN3CC[C@@H]2C3)[C@@]2(C)C3C(=O)CCC3(CC[C@H]2C)[C@@H](C)[C@@H]1O.COCC[C@]1(C)C[C@@H](OC(=O)NC(=O)[C@H]2CN3CC[C@@H]2C3)[C@@]2(C)C3[C@H](OC)CCC3(CC[C@H]2C)[C@@H](C)C1=O. The largest absolute Gasteiger partial charge is 0.445 e. The molecule has 4 heterocycles. The standard InChI is InChI=1S/C30H48N2O6.C29H46N2O6/c1-18-7-10-30-11-8-22(37-6)24(30)29(18,4)23(15-28(3,12-14-36-5)25(33)19(30)2)38-27(35)31-26(34)21-17-32-13-9-20(21)16-32;1-17-6-9-29-10-7-21(32)23(29)28(17,4)22(14-27(3,11-13-36-5)24(33)18(29)2)37-26(35)30-25(34)20-16-31-12-8-19(20)15-31/h18-24H,7-17H2,1-6H3,(H,31,34,35);17-20,22-24,33H,6-16H2,1-5H3,(H,30,34,35)/t18-,19+,20-,21+,22-,23-,24?,28-,29+,30?;17-,18+,19-,20+,22-,23?,24+,27-,28+,29?/m11/s1. The molecule has 0 radical (unpaired) electrons. The topological polar surface area (TPSA) is 199 Å². The van der Waals surface area contributed by atoms with Gasteiger partial charge in [0.2, 0.25) is 11.8 Å². The number of methoxy groups -OCH3 is 3. The highest BCUT2D eigenvalue weighted by Gasteiger charge is 2.70. The monoisotopic (exact) mass is 1050 g/mol. The van der Waals surface area contributed by atoms with E-state index in [1.807, 2.05) is 6.92 Å². The quantitative estimate of drug-likeness (QED) is 0.184. The summed E-state index contributed by atoms with van der Waals surface area (Å²) < 4.78 is 29.5. The van der Waals surface area contributed by atoms with Crippen molar-refractivity contribution in [2.24, 2.45) is 91.7 Å². The number of ketones is 2. The lowest BCUT2D eigenvalue weighted by Gasteiger charge is -2.62. The lowest BCUT2D eigenvalue weighted by Crippen LogP contribution is -2.63. The molecule has 10 fully saturated rings. The summed E-state index contributed by atoms with van der Waals surface area (Å²) in [6.07, 6.45) is 7.79. The van der Waals surface area contributed by atoms with Crippen LogP contribution in [0.3, 0.4) is 0 Å². The van der Waals surface area contributed by atoms with Crippen LogP contribution in [0.1, 0.15) is 145 Å². The van der Waals surface area contributed by atoms with Gasteiger partial charge in [-0.25, -0.2) is 9.59 Å². The van der Waals surface area contributed by atoms with Crippen molar-refractivity contribution in [2.45, 2.75) is 170 Å². The average Bonchev–Trinajstić information content (AvgIpc) is 4.28. The van der Waals surface area contributed by atoms with E-state index in [1.54, 1.807) is 21.3 Å². The van der Waals surface area contributed by atoms with Crippen LogP contribution in [0.25, 0.3) is 0 Å². The van der Waals surface area contributed by atoms with E-state index in [9.17, 15) is 33.9 Å². The number of hydrogen-bond donors (Lipinski definition) is 3. The molecule has 10 rings (SSSR count). The van der Waals surface area contributed by atoms with Crippen LogP contribution in [0, 0.1) is 91.7 Å². The number of carbonyl (C=O) groups excluding carboxylic acids is 6. The van der Waals surface area contributed by atoms with Crippen molar-refractivity contribution in [3.05, 3.63) is 0 Å². The Labute approximate surface area is 447 Å². The zero-order valence-electron chi connectivity index (χ0n) is 47.5. The number of amides is 4. The Morgan fingerprint density at radius 2 is 1.17 bits per heavy atom. The Balaban J connectivity index is 0.000000184. The third-order valence-corrected chi connectivity index (χ3v) is 24.1. The summed E-state index contributed by atoms with van der Waals surface area (Å²) in [6, 6.07) is 0. The molecule has 3 N–H and O–H groups in total. The predicted octanol–water partition coefficient (Wildman–Crippen LogP) is 7.46. The van der Waals surface area contributed by atoms with Gasteiger partial charge >= 0.3 is 12.2 Å². The van der Waals surface area contributed by atoms with Crippen LogP contribution in [0.15, 0.2) is 0 Å². The first-order valence-corrected chi connectivity index (χ1v) is 29.2. The van der Waals surface area contributed by atoms with Gasteiger partial charge in [0.1, 0.15) is 23.8 Å². The maximum atomic E-state index is 14.3. The number of imide groups is 2. The zero-order chi connectivity index (χ0) is 54.2. The van der Waals surface area contributed by atoms with Crippen LogP contribution in [-0.2, 0) is 42.9 Å². The maximum absolute atomic E-state index is 14.3. The van der Waals surface area contributed by atoms with E-state index in [2.05, 4.69) is 68.9 Å². The highest BCUT2D eigenvalue weighted by atomic mass is 16.6.